The fourth-order valence-corrected chi connectivity index (χ4v) is 2.23. The van der Waals surface area contributed by atoms with Crippen LogP contribution in [-0.4, -0.2) is 11.2 Å². The van der Waals surface area contributed by atoms with Crippen LogP contribution in [0.5, 0.6) is 0 Å². The van der Waals surface area contributed by atoms with E-state index in [2.05, 4.69) is 25.2 Å². The van der Waals surface area contributed by atoms with Gasteiger partial charge in [-0.2, -0.15) is 0 Å². The smallest absolute Gasteiger partial charge is 0.0611 e. The van der Waals surface area contributed by atoms with E-state index in [1.54, 1.807) is 0 Å². The number of rotatable bonds is 0. The maximum atomic E-state index is 9.75. The first-order valence-electron chi connectivity index (χ1n) is 4.83. The third-order valence-electron chi connectivity index (χ3n) is 2.98. The lowest BCUT2D eigenvalue weighted by Gasteiger charge is -2.32. The molecule has 2 aliphatic carbocycles. The molecule has 66 valence electrons. The maximum absolute atomic E-state index is 9.75. The molecular weight excluding hydrogens is 148 g/mol. The van der Waals surface area contributed by atoms with Crippen LogP contribution in [0.3, 0.4) is 0 Å². The zero-order valence-electron chi connectivity index (χ0n) is 7.53. The van der Waals surface area contributed by atoms with Crippen molar-refractivity contribution in [2.45, 2.75) is 32.3 Å². The largest absolute Gasteiger partial charge is 0.392 e. The fourth-order valence-electron chi connectivity index (χ4n) is 2.23. The van der Waals surface area contributed by atoms with Crippen molar-refractivity contribution < 1.29 is 5.11 Å². The first-order chi connectivity index (χ1) is 5.77. The van der Waals surface area contributed by atoms with Crippen LogP contribution in [-0.2, 0) is 0 Å². The maximum Gasteiger partial charge on any atom is 0.0611 e. The van der Waals surface area contributed by atoms with Crippen LogP contribution in [0.1, 0.15) is 26.2 Å². The second-order valence-electron chi connectivity index (χ2n) is 4.03. The lowest BCUT2D eigenvalue weighted by atomic mass is 9.76. The quantitative estimate of drug-likeness (QED) is 0.582. The average molecular weight is 164 g/mol. The zero-order chi connectivity index (χ0) is 8.55. The van der Waals surface area contributed by atoms with E-state index in [9.17, 15) is 5.11 Å². The average Bonchev–Trinajstić information content (AvgIpc) is 2.07. The lowest BCUT2D eigenvalue weighted by Crippen LogP contribution is -2.28. The Kier molecular flexibility index (Phi) is 2.05. The minimum Gasteiger partial charge on any atom is -0.392 e. The van der Waals surface area contributed by atoms with Gasteiger partial charge in [0.05, 0.1) is 6.10 Å². The van der Waals surface area contributed by atoms with Crippen LogP contribution in [0.2, 0.25) is 0 Å². The summed E-state index contributed by atoms with van der Waals surface area (Å²) in [5, 5.41) is 9.75. The first kappa shape index (κ1) is 8.06. The Morgan fingerprint density at radius 2 is 2.33 bits per heavy atom. The predicted molar refractivity (Wildman–Crippen MR) is 49.7 cm³/mol. The summed E-state index contributed by atoms with van der Waals surface area (Å²) in [6, 6.07) is 0. The highest BCUT2D eigenvalue weighted by Gasteiger charge is 2.28. The monoisotopic (exact) mass is 164 g/mol. The second kappa shape index (κ2) is 3.06. The lowest BCUT2D eigenvalue weighted by molar-refractivity contribution is 0.101. The van der Waals surface area contributed by atoms with E-state index in [4.69, 9.17) is 0 Å². The summed E-state index contributed by atoms with van der Waals surface area (Å²) in [7, 11) is 0. The van der Waals surface area contributed by atoms with Crippen molar-refractivity contribution in [3.8, 4) is 0 Å². The molecule has 0 amide bonds. The molecule has 0 aromatic carbocycles. The van der Waals surface area contributed by atoms with Crippen molar-refractivity contribution in [1.82, 2.24) is 0 Å². The van der Waals surface area contributed by atoms with Crippen molar-refractivity contribution in [1.29, 1.82) is 0 Å². The molecule has 2 aliphatic rings. The van der Waals surface area contributed by atoms with Crippen LogP contribution in [0.25, 0.3) is 0 Å². The summed E-state index contributed by atoms with van der Waals surface area (Å²) in [5.41, 5.74) is 1.37. The summed E-state index contributed by atoms with van der Waals surface area (Å²) in [4.78, 5) is 0. The number of fused-ring (bicyclic) bond motifs is 1. The van der Waals surface area contributed by atoms with Crippen LogP contribution < -0.4 is 0 Å². The van der Waals surface area contributed by atoms with Gasteiger partial charge in [-0.1, -0.05) is 25.2 Å². The minimum absolute atomic E-state index is 0.0857. The Morgan fingerprint density at radius 1 is 1.50 bits per heavy atom. The van der Waals surface area contributed by atoms with Gasteiger partial charge in [0.25, 0.3) is 0 Å². The molecule has 1 heteroatoms. The van der Waals surface area contributed by atoms with E-state index < -0.39 is 0 Å². The van der Waals surface area contributed by atoms with Gasteiger partial charge in [-0.25, -0.2) is 0 Å². The standard InChI is InChI=1S/C11H16O/c1-8-5-6-9-3-2-4-11(12)10(9)7-8/h3,5-6,8,10-12H,2,4,7H2,1H3/t8-,10?,11-/m0/s1. The summed E-state index contributed by atoms with van der Waals surface area (Å²) in [6.07, 6.45) is 9.77. The normalized spacial score (nSPS) is 40.5. The molecule has 0 saturated carbocycles. The molecule has 0 aliphatic heterocycles. The van der Waals surface area contributed by atoms with Crippen LogP contribution in [0.15, 0.2) is 23.8 Å². The molecule has 0 saturated heterocycles. The highest BCUT2D eigenvalue weighted by Crippen LogP contribution is 2.35. The summed E-state index contributed by atoms with van der Waals surface area (Å²) in [6.45, 7) is 2.22. The molecule has 0 spiro atoms. The van der Waals surface area contributed by atoms with Crippen LogP contribution >= 0.6 is 0 Å². The third kappa shape index (κ3) is 1.34. The minimum atomic E-state index is -0.0857. The number of allylic oxidation sites excluding steroid dienone is 3. The van der Waals surface area contributed by atoms with E-state index in [0.29, 0.717) is 11.8 Å². The van der Waals surface area contributed by atoms with Crippen molar-refractivity contribution >= 4 is 0 Å². The Balaban J connectivity index is 2.23. The molecular formula is C11H16O. The van der Waals surface area contributed by atoms with Gasteiger partial charge in [0.2, 0.25) is 0 Å². The molecule has 0 aromatic heterocycles. The van der Waals surface area contributed by atoms with Gasteiger partial charge >= 0.3 is 0 Å². The van der Waals surface area contributed by atoms with E-state index >= 15 is 0 Å². The molecule has 1 N–H and O–H groups in total. The number of aliphatic hydroxyl groups is 1. The molecule has 12 heavy (non-hydrogen) atoms. The molecule has 0 fully saturated rings. The van der Waals surface area contributed by atoms with Crippen molar-refractivity contribution in [2.75, 3.05) is 0 Å². The molecule has 1 unspecified atom stereocenters. The molecule has 1 nitrogen and oxygen atoms in total. The molecule has 0 bridgehead atoms. The van der Waals surface area contributed by atoms with Gasteiger partial charge < -0.3 is 5.11 Å². The third-order valence-corrected chi connectivity index (χ3v) is 2.98. The zero-order valence-corrected chi connectivity index (χ0v) is 7.53. The highest BCUT2D eigenvalue weighted by molar-refractivity contribution is 5.28. The van der Waals surface area contributed by atoms with E-state index in [0.717, 1.165) is 19.3 Å². The SMILES string of the molecule is C[C@H]1C=CC2=CCC[C@H](O)C2C1. The van der Waals surface area contributed by atoms with Crippen molar-refractivity contribution in [3.05, 3.63) is 23.8 Å². The number of aliphatic hydroxyl groups excluding tert-OH is 1. The van der Waals surface area contributed by atoms with E-state index in [1.807, 2.05) is 0 Å². The van der Waals surface area contributed by atoms with Crippen molar-refractivity contribution in [2.24, 2.45) is 11.8 Å². The molecule has 0 heterocycles. The number of hydrogen-bond acceptors (Lipinski definition) is 1. The summed E-state index contributed by atoms with van der Waals surface area (Å²) in [5.74, 6) is 1.07. The molecule has 3 atom stereocenters. The number of hydrogen-bond donors (Lipinski definition) is 1. The van der Waals surface area contributed by atoms with Gasteiger partial charge in [0.15, 0.2) is 0 Å². The first-order valence-corrected chi connectivity index (χ1v) is 4.83. The Labute approximate surface area is 73.8 Å². The van der Waals surface area contributed by atoms with E-state index in [1.165, 1.54) is 5.57 Å². The van der Waals surface area contributed by atoms with Gasteiger partial charge in [0, 0.05) is 5.92 Å². The Morgan fingerprint density at radius 3 is 3.17 bits per heavy atom. The molecule has 0 aromatic rings. The van der Waals surface area contributed by atoms with Gasteiger partial charge in [0.1, 0.15) is 0 Å². The Hall–Kier alpha value is -0.560. The second-order valence-corrected chi connectivity index (χ2v) is 4.03. The fraction of sp³-hybridized carbons (Fsp3) is 0.636. The molecule has 2 rings (SSSR count). The van der Waals surface area contributed by atoms with Gasteiger partial charge in [-0.15, -0.1) is 0 Å². The van der Waals surface area contributed by atoms with Crippen molar-refractivity contribution in [3.63, 3.8) is 0 Å². The highest BCUT2D eigenvalue weighted by atomic mass is 16.3. The van der Waals surface area contributed by atoms with Crippen LogP contribution in [0, 0.1) is 11.8 Å². The topological polar surface area (TPSA) is 20.2 Å². The Bertz CT molecular complexity index is 227. The van der Waals surface area contributed by atoms with E-state index in [-0.39, 0.29) is 6.10 Å². The predicted octanol–water partition coefficient (Wildman–Crippen LogP) is 2.28. The van der Waals surface area contributed by atoms with Crippen LogP contribution in [0.4, 0.5) is 0 Å². The van der Waals surface area contributed by atoms with Gasteiger partial charge in [-0.05, 0) is 30.8 Å². The molecule has 0 radical (unpaired) electrons. The summed E-state index contributed by atoms with van der Waals surface area (Å²) < 4.78 is 0. The summed E-state index contributed by atoms with van der Waals surface area (Å²) >= 11 is 0. The van der Waals surface area contributed by atoms with Gasteiger partial charge in [-0.3, -0.25) is 0 Å².